The minimum atomic E-state index is -0.521. The van der Waals surface area contributed by atoms with Crippen LogP contribution >= 0.6 is 27.3 Å². The van der Waals surface area contributed by atoms with Crippen molar-refractivity contribution in [3.8, 4) is 6.07 Å². The molecule has 0 aliphatic rings. The molecule has 2 rings (SSSR count). The van der Waals surface area contributed by atoms with Gasteiger partial charge >= 0.3 is 0 Å². The fourth-order valence-electron chi connectivity index (χ4n) is 1.52. The summed E-state index contributed by atoms with van der Waals surface area (Å²) >= 11 is 4.93. The van der Waals surface area contributed by atoms with Gasteiger partial charge in [-0.3, -0.25) is 0 Å². The van der Waals surface area contributed by atoms with E-state index in [0.29, 0.717) is 12.1 Å². The number of anilines is 1. The average Bonchev–Trinajstić information content (AvgIpc) is 2.90. The van der Waals surface area contributed by atoms with E-state index in [4.69, 9.17) is 5.26 Å². The van der Waals surface area contributed by atoms with Crippen LogP contribution in [0.25, 0.3) is 0 Å². The summed E-state index contributed by atoms with van der Waals surface area (Å²) in [4.78, 5) is 0.937. The van der Waals surface area contributed by atoms with Gasteiger partial charge in [0.05, 0.1) is 11.6 Å². The first-order valence-electron chi connectivity index (χ1n) is 5.35. The maximum atomic E-state index is 9.94. The van der Waals surface area contributed by atoms with Crippen molar-refractivity contribution in [3.05, 3.63) is 50.6 Å². The van der Waals surface area contributed by atoms with Gasteiger partial charge in [-0.2, -0.15) is 5.26 Å². The Hall–Kier alpha value is -1.35. The molecule has 0 spiro atoms. The SMILES string of the molecule is N#Cc1ccc(NCC(O)c2cccs2)c(Br)c1. The molecule has 92 valence electrons. The number of aliphatic hydroxyl groups excluding tert-OH is 1. The van der Waals surface area contributed by atoms with Gasteiger partial charge in [0.1, 0.15) is 6.10 Å². The third-order valence-corrected chi connectivity index (χ3v) is 4.09. The highest BCUT2D eigenvalue weighted by atomic mass is 79.9. The molecule has 5 heteroatoms. The first-order chi connectivity index (χ1) is 8.70. The van der Waals surface area contributed by atoms with Crippen LogP contribution in [0.3, 0.4) is 0 Å². The Kier molecular flexibility index (Phi) is 4.37. The van der Waals surface area contributed by atoms with Gasteiger partial charge in [-0.05, 0) is 45.6 Å². The number of hydrogen-bond acceptors (Lipinski definition) is 4. The maximum absolute atomic E-state index is 9.94. The molecular formula is C13H11BrN2OS. The van der Waals surface area contributed by atoms with E-state index in [1.807, 2.05) is 23.6 Å². The van der Waals surface area contributed by atoms with Gasteiger partial charge < -0.3 is 10.4 Å². The first-order valence-corrected chi connectivity index (χ1v) is 7.03. The van der Waals surface area contributed by atoms with E-state index in [-0.39, 0.29) is 0 Å². The standard InChI is InChI=1S/C13H11BrN2OS/c14-10-6-9(7-15)3-4-11(10)16-8-12(17)13-2-1-5-18-13/h1-6,12,16-17H,8H2. The molecule has 0 fully saturated rings. The molecule has 0 aliphatic heterocycles. The monoisotopic (exact) mass is 322 g/mol. The van der Waals surface area contributed by atoms with Gasteiger partial charge in [-0.1, -0.05) is 6.07 Å². The fourth-order valence-corrected chi connectivity index (χ4v) is 2.75. The second-order valence-electron chi connectivity index (χ2n) is 3.72. The summed E-state index contributed by atoms with van der Waals surface area (Å²) in [7, 11) is 0. The zero-order valence-electron chi connectivity index (χ0n) is 9.43. The topological polar surface area (TPSA) is 56.0 Å². The Morgan fingerprint density at radius 2 is 2.28 bits per heavy atom. The van der Waals surface area contributed by atoms with E-state index in [0.717, 1.165) is 15.0 Å². The van der Waals surface area contributed by atoms with E-state index >= 15 is 0 Å². The van der Waals surface area contributed by atoms with Crippen LogP contribution in [0.4, 0.5) is 5.69 Å². The molecular weight excluding hydrogens is 312 g/mol. The number of nitrogens with one attached hydrogen (secondary N) is 1. The molecule has 0 bridgehead atoms. The molecule has 0 aliphatic carbocycles. The Morgan fingerprint density at radius 1 is 1.44 bits per heavy atom. The number of nitriles is 1. The molecule has 2 aromatic rings. The summed E-state index contributed by atoms with van der Waals surface area (Å²) in [5.74, 6) is 0. The Balaban J connectivity index is 2.00. The van der Waals surface area contributed by atoms with Gasteiger partial charge in [0.25, 0.3) is 0 Å². The maximum Gasteiger partial charge on any atom is 0.105 e. The van der Waals surface area contributed by atoms with E-state index in [1.165, 1.54) is 11.3 Å². The van der Waals surface area contributed by atoms with Crippen LogP contribution < -0.4 is 5.32 Å². The van der Waals surface area contributed by atoms with Crippen molar-refractivity contribution in [2.75, 3.05) is 11.9 Å². The number of benzene rings is 1. The summed E-state index contributed by atoms with van der Waals surface area (Å²) in [6, 6.07) is 11.2. The molecule has 0 saturated heterocycles. The number of rotatable bonds is 4. The van der Waals surface area contributed by atoms with Crippen molar-refractivity contribution in [2.45, 2.75) is 6.10 Å². The van der Waals surface area contributed by atoms with Crippen LogP contribution in [0.2, 0.25) is 0 Å². The third-order valence-electron chi connectivity index (χ3n) is 2.46. The van der Waals surface area contributed by atoms with Crippen molar-refractivity contribution in [2.24, 2.45) is 0 Å². The highest BCUT2D eigenvalue weighted by Crippen LogP contribution is 2.25. The van der Waals surface area contributed by atoms with E-state index in [2.05, 4.69) is 27.3 Å². The Morgan fingerprint density at radius 3 is 2.89 bits per heavy atom. The second-order valence-corrected chi connectivity index (χ2v) is 5.55. The molecule has 1 aromatic heterocycles. The molecule has 1 aromatic carbocycles. The lowest BCUT2D eigenvalue weighted by atomic mass is 10.2. The first kappa shape index (κ1) is 13.1. The summed E-state index contributed by atoms with van der Waals surface area (Å²) in [5.41, 5.74) is 1.47. The highest BCUT2D eigenvalue weighted by Gasteiger charge is 2.09. The quantitative estimate of drug-likeness (QED) is 0.905. The largest absolute Gasteiger partial charge is 0.386 e. The van der Waals surface area contributed by atoms with Crippen LogP contribution in [0.15, 0.2) is 40.2 Å². The molecule has 1 atom stereocenters. The second kappa shape index (κ2) is 6.01. The zero-order chi connectivity index (χ0) is 13.0. The summed E-state index contributed by atoms with van der Waals surface area (Å²) in [5, 5.41) is 23.8. The summed E-state index contributed by atoms with van der Waals surface area (Å²) < 4.78 is 0.819. The van der Waals surface area contributed by atoms with Crippen LogP contribution in [0.1, 0.15) is 16.5 Å². The predicted molar refractivity (Wildman–Crippen MR) is 76.6 cm³/mol. The van der Waals surface area contributed by atoms with Gasteiger partial charge in [0, 0.05) is 21.6 Å². The van der Waals surface area contributed by atoms with Gasteiger partial charge in [-0.25, -0.2) is 0 Å². The van der Waals surface area contributed by atoms with Crippen LogP contribution in [0.5, 0.6) is 0 Å². The normalized spacial score (nSPS) is 11.8. The van der Waals surface area contributed by atoms with Gasteiger partial charge in [0.2, 0.25) is 0 Å². The number of aliphatic hydroxyl groups is 1. The molecule has 0 amide bonds. The lowest BCUT2D eigenvalue weighted by Crippen LogP contribution is -2.11. The van der Waals surface area contributed by atoms with Crippen LogP contribution in [-0.4, -0.2) is 11.7 Å². The summed E-state index contributed by atoms with van der Waals surface area (Å²) in [6.45, 7) is 0.436. The summed E-state index contributed by atoms with van der Waals surface area (Å²) in [6.07, 6.45) is -0.521. The van der Waals surface area contributed by atoms with Crippen molar-refractivity contribution in [1.29, 1.82) is 5.26 Å². The fraction of sp³-hybridized carbons (Fsp3) is 0.154. The Bertz CT molecular complexity index is 563. The van der Waals surface area contributed by atoms with Gasteiger partial charge in [-0.15, -0.1) is 11.3 Å². The zero-order valence-corrected chi connectivity index (χ0v) is 11.8. The molecule has 0 saturated carbocycles. The van der Waals surface area contributed by atoms with Crippen molar-refractivity contribution < 1.29 is 5.11 Å². The van der Waals surface area contributed by atoms with Crippen LogP contribution in [0, 0.1) is 11.3 Å². The Labute approximate surface area is 118 Å². The van der Waals surface area contributed by atoms with E-state index in [1.54, 1.807) is 12.1 Å². The van der Waals surface area contributed by atoms with E-state index in [9.17, 15) is 5.11 Å². The lowest BCUT2D eigenvalue weighted by Gasteiger charge is -2.12. The third kappa shape index (κ3) is 3.10. The highest BCUT2D eigenvalue weighted by molar-refractivity contribution is 9.10. The van der Waals surface area contributed by atoms with Gasteiger partial charge in [0.15, 0.2) is 0 Å². The molecule has 18 heavy (non-hydrogen) atoms. The smallest absolute Gasteiger partial charge is 0.105 e. The van der Waals surface area contributed by atoms with Crippen molar-refractivity contribution in [1.82, 2.24) is 0 Å². The molecule has 3 nitrogen and oxygen atoms in total. The predicted octanol–water partition coefficient (Wildman–Crippen LogP) is 3.53. The molecule has 1 unspecified atom stereocenters. The van der Waals surface area contributed by atoms with Crippen LogP contribution in [-0.2, 0) is 0 Å². The molecule has 1 heterocycles. The number of nitrogens with zero attached hydrogens (tertiary/aromatic N) is 1. The molecule has 0 radical (unpaired) electrons. The number of halogens is 1. The van der Waals surface area contributed by atoms with Crippen molar-refractivity contribution >= 4 is 33.0 Å². The minimum Gasteiger partial charge on any atom is -0.386 e. The average molecular weight is 323 g/mol. The number of thiophene rings is 1. The van der Waals surface area contributed by atoms with Crippen molar-refractivity contribution in [3.63, 3.8) is 0 Å². The number of hydrogen-bond donors (Lipinski definition) is 2. The lowest BCUT2D eigenvalue weighted by molar-refractivity contribution is 0.195. The molecule has 2 N–H and O–H groups in total. The van der Waals surface area contributed by atoms with E-state index < -0.39 is 6.10 Å². The minimum absolute atomic E-state index is 0.436.